The number of carboxylic acids is 1. The van der Waals surface area contributed by atoms with E-state index in [1.807, 2.05) is 13.8 Å². The molecule has 0 unspecified atom stereocenters. The molecule has 1 amide bonds. The summed E-state index contributed by atoms with van der Waals surface area (Å²) in [6.45, 7) is 4.04. The fourth-order valence-corrected chi connectivity index (χ4v) is 2.08. The van der Waals surface area contributed by atoms with Crippen LogP contribution in [0.4, 0.5) is 0 Å². The van der Waals surface area contributed by atoms with Gasteiger partial charge < -0.3 is 15.5 Å². The van der Waals surface area contributed by atoms with E-state index in [0.717, 1.165) is 6.42 Å². The number of aliphatic carboxylic acids is 1. The molecule has 2 atom stereocenters. The van der Waals surface area contributed by atoms with Crippen LogP contribution in [0.5, 0.6) is 0 Å². The minimum Gasteiger partial charge on any atom is -0.481 e. The van der Waals surface area contributed by atoms with Gasteiger partial charge in [-0.1, -0.05) is 20.3 Å². The third-order valence-corrected chi connectivity index (χ3v) is 3.34. The van der Waals surface area contributed by atoms with Crippen molar-refractivity contribution in [1.29, 1.82) is 0 Å². The maximum atomic E-state index is 11.9. The van der Waals surface area contributed by atoms with Crippen LogP contribution in [0, 0.1) is 17.3 Å². The maximum absolute atomic E-state index is 11.9. The van der Waals surface area contributed by atoms with Crippen molar-refractivity contribution in [3.8, 4) is 0 Å². The first-order chi connectivity index (χ1) is 7.87. The molecule has 0 bridgehead atoms. The number of carbonyl (C=O) groups excluding carboxylic acids is 1. The average Bonchev–Trinajstić information content (AvgIpc) is 2.75. The van der Waals surface area contributed by atoms with Crippen molar-refractivity contribution in [1.82, 2.24) is 5.32 Å². The summed E-state index contributed by atoms with van der Waals surface area (Å²) < 4.78 is 0. The molecule has 3 N–H and O–H groups in total. The smallest absolute Gasteiger partial charge is 0.307 e. The number of hydrogen-bond donors (Lipinski definition) is 3. The Morgan fingerprint density at radius 3 is 2.41 bits per heavy atom. The Hall–Kier alpha value is -1.10. The predicted octanol–water partition coefficient (Wildman–Crippen LogP) is 0.622. The molecular formula is C12H21NO4. The molecule has 1 aliphatic carbocycles. The van der Waals surface area contributed by atoms with Gasteiger partial charge in [-0.25, -0.2) is 0 Å². The Bertz CT molecular complexity index is 301. The Kier molecular flexibility index (Phi) is 4.51. The van der Waals surface area contributed by atoms with Crippen LogP contribution in [-0.2, 0) is 9.59 Å². The zero-order valence-electron chi connectivity index (χ0n) is 10.4. The highest BCUT2D eigenvalue weighted by Crippen LogP contribution is 2.32. The summed E-state index contributed by atoms with van der Waals surface area (Å²) in [6.07, 6.45) is 2.01. The van der Waals surface area contributed by atoms with Crippen molar-refractivity contribution in [2.45, 2.75) is 33.1 Å². The molecule has 98 valence electrons. The van der Waals surface area contributed by atoms with Crippen LogP contribution in [0.3, 0.4) is 0 Å². The largest absolute Gasteiger partial charge is 0.481 e. The molecule has 0 aromatic heterocycles. The summed E-state index contributed by atoms with van der Waals surface area (Å²) in [5, 5.41) is 20.8. The standard InChI is InChI=1S/C12H21NO4/c1-12(2,7-14)6-13-10(15)8-4-3-5-9(8)11(16)17/h8-9,14H,3-7H2,1-2H3,(H,13,15)(H,16,17)/t8-,9+/m1/s1. The van der Waals surface area contributed by atoms with Gasteiger partial charge in [0.25, 0.3) is 0 Å². The van der Waals surface area contributed by atoms with Crippen LogP contribution >= 0.6 is 0 Å². The molecule has 1 fully saturated rings. The van der Waals surface area contributed by atoms with Crippen LogP contribution in [0.15, 0.2) is 0 Å². The molecule has 17 heavy (non-hydrogen) atoms. The lowest BCUT2D eigenvalue weighted by molar-refractivity contribution is -0.146. The second-order valence-electron chi connectivity index (χ2n) is 5.52. The third-order valence-electron chi connectivity index (χ3n) is 3.34. The van der Waals surface area contributed by atoms with Gasteiger partial charge in [0.2, 0.25) is 5.91 Å². The highest BCUT2D eigenvalue weighted by Gasteiger charge is 2.37. The molecule has 1 aliphatic rings. The van der Waals surface area contributed by atoms with Crippen LogP contribution < -0.4 is 5.32 Å². The van der Waals surface area contributed by atoms with Gasteiger partial charge in [0, 0.05) is 18.6 Å². The quantitative estimate of drug-likeness (QED) is 0.660. The lowest BCUT2D eigenvalue weighted by Gasteiger charge is -2.24. The van der Waals surface area contributed by atoms with Gasteiger partial charge in [0.1, 0.15) is 0 Å². The molecule has 0 heterocycles. The number of hydrogen-bond acceptors (Lipinski definition) is 3. The maximum Gasteiger partial charge on any atom is 0.307 e. The van der Waals surface area contributed by atoms with E-state index in [1.165, 1.54) is 0 Å². The Balaban J connectivity index is 2.50. The first kappa shape index (κ1) is 14.0. The number of carboxylic acid groups (broad SMARTS) is 1. The van der Waals surface area contributed by atoms with Crippen molar-refractivity contribution < 1.29 is 19.8 Å². The van der Waals surface area contributed by atoms with Crippen LogP contribution in [0.1, 0.15) is 33.1 Å². The van der Waals surface area contributed by atoms with Gasteiger partial charge >= 0.3 is 5.97 Å². The highest BCUT2D eigenvalue weighted by molar-refractivity contribution is 5.85. The predicted molar refractivity (Wildman–Crippen MR) is 62.3 cm³/mol. The fourth-order valence-electron chi connectivity index (χ4n) is 2.08. The van der Waals surface area contributed by atoms with Crippen molar-refractivity contribution in [3.63, 3.8) is 0 Å². The molecule has 0 aromatic carbocycles. The Labute approximate surface area is 101 Å². The topological polar surface area (TPSA) is 86.6 Å². The molecular weight excluding hydrogens is 222 g/mol. The van der Waals surface area contributed by atoms with E-state index in [4.69, 9.17) is 10.2 Å². The van der Waals surface area contributed by atoms with Crippen LogP contribution in [0.25, 0.3) is 0 Å². The van der Waals surface area contributed by atoms with Crippen molar-refractivity contribution in [2.24, 2.45) is 17.3 Å². The summed E-state index contributed by atoms with van der Waals surface area (Å²) in [6, 6.07) is 0. The number of amides is 1. The number of carbonyl (C=O) groups is 2. The minimum atomic E-state index is -0.885. The zero-order chi connectivity index (χ0) is 13.1. The third kappa shape index (κ3) is 3.70. The second-order valence-corrected chi connectivity index (χ2v) is 5.52. The van der Waals surface area contributed by atoms with E-state index in [1.54, 1.807) is 0 Å². The summed E-state index contributed by atoms with van der Waals surface area (Å²) in [4.78, 5) is 22.8. The molecule has 0 spiro atoms. The molecule has 0 radical (unpaired) electrons. The van der Waals surface area contributed by atoms with Gasteiger partial charge in [-0.3, -0.25) is 9.59 Å². The van der Waals surface area contributed by atoms with Crippen molar-refractivity contribution in [2.75, 3.05) is 13.2 Å². The van der Waals surface area contributed by atoms with Crippen molar-refractivity contribution in [3.05, 3.63) is 0 Å². The zero-order valence-corrected chi connectivity index (χ0v) is 10.4. The molecule has 0 saturated heterocycles. The Morgan fingerprint density at radius 1 is 1.29 bits per heavy atom. The van der Waals surface area contributed by atoms with Crippen molar-refractivity contribution >= 4 is 11.9 Å². The molecule has 5 nitrogen and oxygen atoms in total. The Morgan fingerprint density at radius 2 is 1.88 bits per heavy atom. The second kappa shape index (κ2) is 5.49. The fraction of sp³-hybridized carbons (Fsp3) is 0.833. The van der Waals surface area contributed by atoms with E-state index in [-0.39, 0.29) is 17.9 Å². The molecule has 1 rings (SSSR count). The van der Waals surface area contributed by atoms with Gasteiger partial charge in [-0.05, 0) is 12.8 Å². The lowest BCUT2D eigenvalue weighted by Crippen LogP contribution is -2.41. The number of rotatable bonds is 5. The minimum absolute atomic E-state index is 0.0136. The number of aliphatic hydroxyl groups excluding tert-OH is 1. The molecule has 0 aliphatic heterocycles. The monoisotopic (exact) mass is 243 g/mol. The first-order valence-corrected chi connectivity index (χ1v) is 5.99. The van der Waals surface area contributed by atoms with Gasteiger partial charge in [0.15, 0.2) is 0 Å². The summed E-state index contributed by atoms with van der Waals surface area (Å²) in [5.41, 5.74) is -0.368. The molecule has 1 saturated carbocycles. The number of nitrogens with one attached hydrogen (secondary N) is 1. The van der Waals surface area contributed by atoms with Gasteiger partial charge in [0.05, 0.1) is 11.8 Å². The van der Waals surface area contributed by atoms with Gasteiger partial charge in [-0.2, -0.15) is 0 Å². The van der Waals surface area contributed by atoms with E-state index in [0.29, 0.717) is 19.4 Å². The van der Waals surface area contributed by atoms with E-state index in [2.05, 4.69) is 5.32 Å². The summed E-state index contributed by atoms with van der Waals surface area (Å²) in [7, 11) is 0. The lowest BCUT2D eigenvalue weighted by atomic mass is 9.92. The highest BCUT2D eigenvalue weighted by atomic mass is 16.4. The molecule has 0 aromatic rings. The molecule has 5 heteroatoms. The normalized spacial score (nSPS) is 24.6. The van der Waals surface area contributed by atoms with E-state index < -0.39 is 17.8 Å². The van der Waals surface area contributed by atoms with Crippen LogP contribution in [-0.4, -0.2) is 35.2 Å². The first-order valence-electron chi connectivity index (χ1n) is 5.99. The number of aliphatic hydroxyl groups is 1. The summed E-state index contributed by atoms with van der Waals surface area (Å²) >= 11 is 0. The SMILES string of the molecule is CC(C)(CO)CNC(=O)[C@@H]1CCC[C@@H]1C(=O)O. The summed E-state index contributed by atoms with van der Waals surface area (Å²) in [5.74, 6) is -2.05. The van der Waals surface area contributed by atoms with Gasteiger partial charge in [-0.15, -0.1) is 0 Å². The average molecular weight is 243 g/mol. The van der Waals surface area contributed by atoms with Crippen LogP contribution in [0.2, 0.25) is 0 Å². The van der Waals surface area contributed by atoms with E-state index >= 15 is 0 Å². The van der Waals surface area contributed by atoms with E-state index in [9.17, 15) is 9.59 Å².